The van der Waals surface area contributed by atoms with Gasteiger partial charge in [-0.2, -0.15) is 157 Å². The number of alkyl halides is 28. The van der Waals surface area contributed by atoms with E-state index < -0.39 is 230 Å². The molecule has 18 nitrogen and oxygen atoms in total. The summed E-state index contributed by atoms with van der Waals surface area (Å²) in [6, 6.07) is 34.7. The highest BCUT2D eigenvalue weighted by Gasteiger charge is 2.66. The Balaban J connectivity index is 0.000000266. The van der Waals surface area contributed by atoms with Crippen LogP contribution in [0.5, 0.6) is 23.0 Å². The quantitative estimate of drug-likeness (QED) is 0.0279. The molecule has 0 aliphatic heterocycles. The topological polar surface area (TPSA) is 288 Å². The van der Waals surface area contributed by atoms with Gasteiger partial charge in [-0.05, 0) is 194 Å². The second kappa shape index (κ2) is 35.3. The molecule has 10 aromatic carbocycles. The van der Waals surface area contributed by atoms with Gasteiger partial charge >= 0.3 is 100 Å². The molecule has 0 radical (unpaired) electrons. The van der Waals surface area contributed by atoms with Gasteiger partial charge in [0.25, 0.3) is 0 Å². The van der Waals surface area contributed by atoms with E-state index in [2.05, 4.69) is 0 Å². The highest BCUT2D eigenvalue weighted by molar-refractivity contribution is 7.97. The Hall–Kier alpha value is -10.2. The van der Waals surface area contributed by atoms with E-state index in [0.29, 0.717) is 29.4 Å². The maximum absolute atomic E-state index is 13.3. The molecular formula is C70H38F28O18S8. The average Bonchev–Trinajstić information content (AvgIpc) is 0.747. The zero-order valence-electron chi connectivity index (χ0n) is 59.1. The molecule has 124 heavy (non-hydrogen) atoms. The predicted molar refractivity (Wildman–Crippen MR) is 369 cm³/mol. The summed E-state index contributed by atoms with van der Waals surface area (Å²) in [5.41, 5.74) is -15.1. The first-order valence-electron chi connectivity index (χ1n) is 31.8. The summed E-state index contributed by atoms with van der Waals surface area (Å²) in [4.78, 5) is -2.78. The molecule has 0 spiro atoms. The Morgan fingerprint density at radius 1 is 0.202 bits per heavy atom. The molecule has 10 rings (SSSR count). The van der Waals surface area contributed by atoms with E-state index in [1.807, 2.05) is 0 Å². The van der Waals surface area contributed by atoms with E-state index in [1.165, 1.54) is 48.5 Å². The molecule has 0 amide bonds. The maximum Gasteiger partial charge on any atom is 0.416 e. The summed E-state index contributed by atoms with van der Waals surface area (Å²) in [6.07, 6.45) is -42.6. The van der Waals surface area contributed by atoms with Crippen LogP contribution in [0.2, 0.25) is 0 Å². The fourth-order valence-corrected chi connectivity index (χ4v) is 19.1. The van der Waals surface area contributed by atoms with Crippen molar-refractivity contribution in [1.82, 2.24) is 0 Å². The summed E-state index contributed by atoms with van der Waals surface area (Å²) >= 11 is 0. The van der Waals surface area contributed by atoms with Gasteiger partial charge in [-0.3, -0.25) is 0 Å². The number of halogens is 28. The van der Waals surface area contributed by atoms with Gasteiger partial charge < -0.3 is 25.8 Å². The summed E-state index contributed by atoms with van der Waals surface area (Å²) < 4.78 is 547. The Labute approximate surface area is 684 Å². The number of rotatable bonds is 21. The SMILES string of the molecule is O=S(=O)(Oc1ccc([S+](c2ccccc2)c2ccc(OS(=O)(=O)c3cc(C(F)(F)F)cc(C(F)(F)F)c3)cc2)cc1)c1cc(C(F)(F)F)cc(C(F)(F)F)c1.O=S(=O)(Oc1ccc([S+](c2ccccc2)c2ccc(OS(=O)(=O)c3cc(C(F)(F)F)cc(C(F)(F)F)c3)cc2)cc1)c1cc(C(F)(F)F)cc(C(F)(F)F)c1.O=S(=O)([O-])C(F)(F)C(F)(F)S(=O)(=O)[O-]. The van der Waals surface area contributed by atoms with Crippen LogP contribution in [0.4, 0.5) is 123 Å². The molecule has 0 heterocycles. The fraction of sp³-hybridized carbons (Fsp3) is 0.143. The van der Waals surface area contributed by atoms with Crippen molar-refractivity contribution in [3.05, 3.63) is 275 Å². The molecule has 0 bridgehead atoms. The smallest absolute Gasteiger partial charge is 0.416 e. The first-order valence-corrected chi connectivity index (χ1v) is 42.7. The van der Waals surface area contributed by atoms with Gasteiger partial charge in [0.05, 0.1) is 66.3 Å². The van der Waals surface area contributed by atoms with Gasteiger partial charge in [0.2, 0.25) is 0 Å². The van der Waals surface area contributed by atoms with Crippen molar-refractivity contribution in [2.45, 2.75) is 109 Å². The average molecular weight is 1960 g/mol. The van der Waals surface area contributed by atoms with Crippen LogP contribution in [-0.4, -0.2) is 70.1 Å². The minimum Gasteiger partial charge on any atom is -0.743 e. The van der Waals surface area contributed by atoms with E-state index in [9.17, 15) is 183 Å². The van der Waals surface area contributed by atoms with Crippen molar-refractivity contribution < 1.29 is 199 Å². The lowest BCUT2D eigenvalue weighted by Gasteiger charge is -2.29. The van der Waals surface area contributed by atoms with Gasteiger partial charge in [0.1, 0.15) is 42.6 Å². The van der Waals surface area contributed by atoms with E-state index in [-0.39, 0.29) is 72.8 Å². The number of hydrogen-bond donors (Lipinski definition) is 0. The molecule has 0 saturated heterocycles. The van der Waals surface area contributed by atoms with Crippen molar-refractivity contribution >= 4 is 82.5 Å². The van der Waals surface area contributed by atoms with Gasteiger partial charge in [0.15, 0.2) is 49.6 Å². The summed E-state index contributed by atoms with van der Waals surface area (Å²) in [5, 5.41) is -13.0. The van der Waals surface area contributed by atoms with Crippen molar-refractivity contribution in [2.75, 3.05) is 0 Å². The first-order chi connectivity index (χ1) is 56.2. The molecule has 0 atom stereocenters. The Morgan fingerprint density at radius 3 is 0.468 bits per heavy atom. The Morgan fingerprint density at radius 2 is 0.339 bits per heavy atom. The van der Waals surface area contributed by atoms with Gasteiger partial charge in [-0.25, -0.2) is 16.8 Å². The molecular weight excluding hydrogens is 1920 g/mol. The predicted octanol–water partition coefficient (Wildman–Crippen LogP) is 20.0. The second-order valence-electron chi connectivity index (χ2n) is 24.2. The zero-order chi connectivity index (χ0) is 93.6. The normalized spacial score (nSPS) is 13.5. The summed E-state index contributed by atoms with van der Waals surface area (Å²) in [5.74, 6) is -1.99. The van der Waals surface area contributed by atoms with Crippen LogP contribution >= 0.6 is 0 Å². The third-order valence-corrected chi connectivity index (χ3v) is 26.6. The molecule has 0 fully saturated rings. The number of hydrogen-bond acceptors (Lipinski definition) is 18. The molecule has 10 aromatic rings. The molecule has 0 unspecified atom stereocenters. The molecule has 0 aromatic heterocycles. The lowest BCUT2D eigenvalue weighted by molar-refractivity contribution is -0.145. The molecule has 670 valence electrons. The third kappa shape index (κ3) is 24.5. The Kier molecular flexibility index (Phi) is 28.2. The minimum atomic E-state index is -6.96. The molecule has 54 heteroatoms. The monoisotopic (exact) mass is 1950 g/mol. The van der Waals surface area contributed by atoms with Crippen LogP contribution in [0.3, 0.4) is 0 Å². The lowest BCUT2D eigenvalue weighted by atomic mass is 10.1. The summed E-state index contributed by atoms with van der Waals surface area (Å²) in [6.45, 7) is 0. The molecule has 0 aliphatic carbocycles. The lowest BCUT2D eigenvalue weighted by Crippen LogP contribution is -2.51. The van der Waals surface area contributed by atoms with Crippen LogP contribution in [0.1, 0.15) is 44.5 Å². The van der Waals surface area contributed by atoms with E-state index >= 15 is 0 Å². The Bertz CT molecular complexity index is 5470. The molecule has 0 saturated carbocycles. The van der Waals surface area contributed by atoms with E-state index in [0.717, 1.165) is 48.5 Å². The zero-order valence-corrected chi connectivity index (χ0v) is 65.7. The van der Waals surface area contributed by atoms with Crippen molar-refractivity contribution in [3.8, 4) is 23.0 Å². The molecule has 0 N–H and O–H groups in total. The van der Waals surface area contributed by atoms with E-state index in [1.54, 1.807) is 60.7 Å². The largest absolute Gasteiger partial charge is 0.743 e. The minimum absolute atomic E-state index is 0.0101. The third-order valence-electron chi connectivity index (χ3n) is 15.4. The van der Waals surface area contributed by atoms with Gasteiger partial charge in [-0.15, -0.1) is 0 Å². The van der Waals surface area contributed by atoms with Crippen LogP contribution in [0.25, 0.3) is 0 Å². The first kappa shape index (κ1) is 99.2. The maximum atomic E-state index is 13.3. The van der Waals surface area contributed by atoms with Crippen LogP contribution in [-0.2, 0) is 132 Å². The highest BCUT2D eigenvalue weighted by Crippen LogP contribution is 2.46. The highest BCUT2D eigenvalue weighted by atomic mass is 32.2. The summed E-state index contributed by atoms with van der Waals surface area (Å²) in [7, 11) is -37.1. The van der Waals surface area contributed by atoms with Crippen LogP contribution in [0, 0.1) is 0 Å². The second-order valence-corrected chi connectivity index (χ2v) is 37.3. The van der Waals surface area contributed by atoms with Crippen molar-refractivity contribution in [3.63, 3.8) is 0 Å². The van der Waals surface area contributed by atoms with Crippen molar-refractivity contribution in [1.29, 1.82) is 0 Å². The molecule has 0 aliphatic rings. The van der Waals surface area contributed by atoms with Crippen LogP contribution < -0.4 is 16.7 Å². The fourth-order valence-electron chi connectivity index (χ4n) is 9.73. The van der Waals surface area contributed by atoms with Crippen LogP contribution in [0.15, 0.2) is 279 Å². The van der Waals surface area contributed by atoms with Crippen molar-refractivity contribution in [2.24, 2.45) is 0 Å². The van der Waals surface area contributed by atoms with Gasteiger partial charge in [-0.1, -0.05) is 36.4 Å². The standard InChI is InChI=1S/2C34H19F12O6S3.C2H2F4O6S2/c2*35-31(36,37)20-14-21(32(38,39)40)17-29(16-20)54(47,48)51-24-6-10-27(11-7-24)53(26-4-2-1-3-5-26)28-12-8-25(9-13-28)52-55(49,50)30-18-22(33(41,42)43)15-23(19-30)34(44,45)46;3-1(4,13(7,8)9)2(5,6)14(10,11)12/h2*1-19H;(H,7,8,9)(H,10,11,12)/q2*+1;/p-2. The number of benzene rings is 10. The van der Waals surface area contributed by atoms with E-state index in [4.69, 9.17) is 16.7 Å². The van der Waals surface area contributed by atoms with Gasteiger partial charge in [0, 0.05) is 0 Å².